The second-order valence-electron chi connectivity index (χ2n) is 13.6. The monoisotopic (exact) mass is 693 g/mol. The molecule has 0 radical (unpaired) electrons. The molecule has 0 saturated heterocycles. The van der Waals surface area contributed by atoms with Gasteiger partial charge in [-0.25, -0.2) is 0 Å². The van der Waals surface area contributed by atoms with Gasteiger partial charge in [-0.05, 0) is 59.1 Å². The maximum absolute atomic E-state index is 12.4. The van der Waals surface area contributed by atoms with Crippen molar-refractivity contribution in [3.05, 3.63) is 121 Å². The summed E-state index contributed by atoms with van der Waals surface area (Å²) in [5.41, 5.74) is 7.95. The average molecular weight is 694 g/mol. The number of ether oxygens (including phenoxy) is 4. The van der Waals surface area contributed by atoms with Crippen LogP contribution in [0.2, 0.25) is 0 Å². The first kappa shape index (κ1) is 37.7. The van der Waals surface area contributed by atoms with Gasteiger partial charge in [-0.1, -0.05) is 108 Å². The molecule has 51 heavy (non-hydrogen) atoms. The lowest BCUT2D eigenvalue weighted by atomic mass is 9.91. The molecule has 0 spiro atoms. The van der Waals surface area contributed by atoms with E-state index in [0.717, 1.165) is 113 Å². The molecule has 0 unspecified atom stereocenters. The molecule has 4 aromatic rings. The average Bonchev–Trinajstić information content (AvgIpc) is 3.12. The van der Waals surface area contributed by atoms with Crippen LogP contribution < -0.4 is 18.9 Å². The molecule has 0 atom stereocenters. The normalized spacial score (nSPS) is 12.3. The summed E-state index contributed by atoms with van der Waals surface area (Å²) in [5, 5.41) is 12.4. The summed E-state index contributed by atoms with van der Waals surface area (Å²) in [7, 11) is 0. The van der Waals surface area contributed by atoms with Crippen LogP contribution in [0.3, 0.4) is 0 Å². The summed E-state index contributed by atoms with van der Waals surface area (Å²) < 4.78 is 26.5. The minimum Gasteiger partial charge on any atom is -0.493 e. The van der Waals surface area contributed by atoms with Gasteiger partial charge in [0.25, 0.3) is 5.69 Å². The van der Waals surface area contributed by atoms with Crippen molar-refractivity contribution in [2.75, 3.05) is 26.4 Å². The fourth-order valence-electron chi connectivity index (χ4n) is 6.69. The molecule has 4 aromatic carbocycles. The minimum atomic E-state index is -0.294. The van der Waals surface area contributed by atoms with E-state index in [4.69, 9.17) is 18.9 Å². The fraction of sp³-hybridized carbons (Fsp3) is 0.455. The fourth-order valence-corrected chi connectivity index (χ4v) is 6.69. The third-order valence-corrected chi connectivity index (χ3v) is 9.47. The Labute approximate surface area is 304 Å². The Kier molecular flexibility index (Phi) is 14.2. The van der Waals surface area contributed by atoms with Crippen LogP contribution in [-0.2, 0) is 25.7 Å². The van der Waals surface area contributed by atoms with Crippen LogP contribution in [0, 0.1) is 10.1 Å². The summed E-state index contributed by atoms with van der Waals surface area (Å²) in [5.74, 6) is 3.33. The lowest BCUT2D eigenvalue weighted by Crippen LogP contribution is -2.10. The summed E-state index contributed by atoms with van der Waals surface area (Å²) in [6.07, 6.45) is 9.92. The van der Waals surface area contributed by atoms with Gasteiger partial charge in [-0.15, -0.1) is 0 Å². The summed E-state index contributed by atoms with van der Waals surface area (Å²) in [6, 6.07) is 22.4. The van der Waals surface area contributed by atoms with Gasteiger partial charge in [0.15, 0.2) is 0 Å². The summed E-state index contributed by atoms with van der Waals surface area (Å²) in [4.78, 5) is 12.1. The van der Waals surface area contributed by atoms with Crippen LogP contribution in [0.5, 0.6) is 23.0 Å². The SMILES string of the molecule is CCCCOc1c2cccc1Cc1cccc(c1OCCCC)Cc1cc([N+](=O)[O-])cc(c1OCCCC)Cc1cccc(c1OCCCC)C2. The van der Waals surface area contributed by atoms with Crippen molar-refractivity contribution in [3.8, 4) is 23.0 Å². The van der Waals surface area contributed by atoms with Gasteiger partial charge in [-0.3, -0.25) is 10.1 Å². The van der Waals surface area contributed by atoms with E-state index in [2.05, 4.69) is 82.3 Å². The highest BCUT2D eigenvalue weighted by Crippen LogP contribution is 2.40. The van der Waals surface area contributed by atoms with Crippen molar-refractivity contribution in [1.29, 1.82) is 0 Å². The number of benzene rings is 4. The molecule has 1 aliphatic rings. The molecule has 0 fully saturated rings. The van der Waals surface area contributed by atoms with Crippen LogP contribution in [-0.4, -0.2) is 31.4 Å². The molecular formula is C44H55NO6. The Balaban J connectivity index is 1.77. The highest BCUT2D eigenvalue weighted by atomic mass is 16.6. The van der Waals surface area contributed by atoms with E-state index in [-0.39, 0.29) is 10.6 Å². The topological polar surface area (TPSA) is 80.1 Å². The highest BCUT2D eigenvalue weighted by Gasteiger charge is 2.24. The lowest BCUT2D eigenvalue weighted by Gasteiger charge is -2.23. The Morgan fingerprint density at radius 3 is 0.980 bits per heavy atom. The number of para-hydroxylation sites is 3. The first-order valence-corrected chi connectivity index (χ1v) is 19.1. The van der Waals surface area contributed by atoms with Crippen LogP contribution in [0.4, 0.5) is 5.69 Å². The van der Waals surface area contributed by atoms with E-state index >= 15 is 0 Å². The Hall–Kier alpha value is -4.52. The first-order chi connectivity index (χ1) is 25.0. The molecule has 272 valence electrons. The number of nitro groups is 1. The van der Waals surface area contributed by atoms with Crippen molar-refractivity contribution < 1.29 is 23.9 Å². The number of rotatable bonds is 17. The van der Waals surface area contributed by atoms with Crippen LogP contribution in [0.15, 0.2) is 66.7 Å². The molecular weight excluding hydrogens is 638 g/mol. The molecule has 7 heteroatoms. The van der Waals surface area contributed by atoms with Crippen LogP contribution in [0.25, 0.3) is 0 Å². The Bertz CT molecular complexity index is 1640. The number of fused-ring (bicyclic) bond motifs is 8. The van der Waals surface area contributed by atoms with Gasteiger partial charge in [-0.2, -0.15) is 0 Å². The van der Waals surface area contributed by atoms with Crippen molar-refractivity contribution in [1.82, 2.24) is 0 Å². The van der Waals surface area contributed by atoms with Crippen molar-refractivity contribution in [2.24, 2.45) is 0 Å². The van der Waals surface area contributed by atoms with E-state index in [1.807, 2.05) is 0 Å². The zero-order valence-electron chi connectivity index (χ0n) is 31.1. The molecule has 0 aliphatic heterocycles. The zero-order valence-corrected chi connectivity index (χ0v) is 31.1. The predicted molar refractivity (Wildman–Crippen MR) is 205 cm³/mol. The van der Waals surface area contributed by atoms with Gasteiger partial charge in [0, 0.05) is 48.9 Å². The molecule has 0 saturated carbocycles. The zero-order chi connectivity index (χ0) is 36.0. The third kappa shape index (κ3) is 9.84. The molecule has 0 N–H and O–H groups in total. The number of hydrogen-bond acceptors (Lipinski definition) is 6. The molecule has 0 heterocycles. The second kappa shape index (κ2) is 19.2. The second-order valence-corrected chi connectivity index (χ2v) is 13.6. The molecule has 5 rings (SSSR count). The first-order valence-electron chi connectivity index (χ1n) is 19.1. The number of nitro benzene ring substituents is 1. The van der Waals surface area contributed by atoms with Crippen LogP contribution in [0.1, 0.15) is 124 Å². The van der Waals surface area contributed by atoms with Gasteiger partial charge >= 0.3 is 0 Å². The number of hydrogen-bond donors (Lipinski definition) is 0. The Morgan fingerprint density at radius 2 is 0.725 bits per heavy atom. The van der Waals surface area contributed by atoms with E-state index in [0.29, 0.717) is 57.9 Å². The van der Waals surface area contributed by atoms with E-state index < -0.39 is 0 Å². The largest absolute Gasteiger partial charge is 0.493 e. The molecule has 7 nitrogen and oxygen atoms in total. The van der Waals surface area contributed by atoms with Crippen molar-refractivity contribution in [2.45, 2.75) is 105 Å². The van der Waals surface area contributed by atoms with Crippen molar-refractivity contribution in [3.63, 3.8) is 0 Å². The number of non-ortho nitro benzene ring substituents is 1. The molecule has 1 aliphatic carbocycles. The van der Waals surface area contributed by atoms with Crippen LogP contribution >= 0.6 is 0 Å². The highest BCUT2D eigenvalue weighted by molar-refractivity contribution is 5.58. The van der Waals surface area contributed by atoms with E-state index in [1.54, 1.807) is 12.1 Å². The van der Waals surface area contributed by atoms with Gasteiger partial charge in [0.2, 0.25) is 0 Å². The van der Waals surface area contributed by atoms with E-state index in [1.165, 1.54) is 0 Å². The van der Waals surface area contributed by atoms with Gasteiger partial charge in [0.05, 0.1) is 31.4 Å². The van der Waals surface area contributed by atoms with E-state index in [9.17, 15) is 10.1 Å². The standard InChI is InChI=1S/C44H55NO6/c1-5-9-22-48-41-32-16-13-17-33(41)27-35-19-15-21-37(43(35)50-24-11-7-3)29-39-31-40(45(46)47)30-38(44(39)51-25-12-8-4)28-36-20-14-18-34(26-32)42(36)49-23-10-6-2/h13-21,30-31H,5-12,22-29H2,1-4H3. The van der Waals surface area contributed by atoms with Crippen molar-refractivity contribution >= 4 is 5.69 Å². The summed E-state index contributed by atoms with van der Waals surface area (Å²) in [6.45, 7) is 11.0. The molecule has 8 bridgehead atoms. The maximum atomic E-state index is 12.4. The van der Waals surface area contributed by atoms with Gasteiger partial charge in [0.1, 0.15) is 23.0 Å². The van der Waals surface area contributed by atoms with Gasteiger partial charge < -0.3 is 18.9 Å². The third-order valence-electron chi connectivity index (χ3n) is 9.47. The molecule has 0 amide bonds. The smallest absolute Gasteiger partial charge is 0.270 e. The minimum absolute atomic E-state index is 0.0574. The Morgan fingerprint density at radius 1 is 0.471 bits per heavy atom. The number of unbranched alkanes of at least 4 members (excludes halogenated alkanes) is 4. The predicted octanol–water partition coefficient (Wildman–Crippen LogP) is 11.0. The quantitative estimate of drug-likeness (QED) is 0.0548. The number of nitrogens with zero attached hydrogens (tertiary/aromatic N) is 1. The summed E-state index contributed by atoms with van der Waals surface area (Å²) >= 11 is 0. The lowest BCUT2D eigenvalue weighted by molar-refractivity contribution is -0.385. The maximum Gasteiger partial charge on any atom is 0.270 e. The molecule has 0 aromatic heterocycles.